The molecule has 2 aromatic carbocycles. The van der Waals surface area contributed by atoms with Crippen molar-refractivity contribution in [1.82, 2.24) is 74.5 Å². The number of hydrogen-bond donors (Lipinski definition) is 14. The number of aliphatic hydroxyl groups excluding tert-OH is 6. The van der Waals surface area contributed by atoms with Crippen molar-refractivity contribution >= 4 is 68.5 Å². The lowest BCUT2D eigenvalue weighted by Crippen LogP contribution is -2.52. The molecule has 13 atom stereocenters. The summed E-state index contributed by atoms with van der Waals surface area (Å²) in [6.07, 6.45) is 2.86. The van der Waals surface area contributed by atoms with Crippen LogP contribution >= 0.6 is 0 Å². The molecule has 9 aromatic rings. The lowest BCUT2D eigenvalue weighted by atomic mass is 10.0. The molecule has 3 aliphatic rings. The van der Waals surface area contributed by atoms with Crippen LogP contribution in [0.15, 0.2) is 117 Å². The number of phenolic OH excluding ortho intramolecular Hbond substituents is 1. The Bertz CT molecular complexity index is 3860. The van der Waals surface area contributed by atoms with E-state index in [1.165, 1.54) is 67.8 Å². The van der Waals surface area contributed by atoms with Crippen LogP contribution in [0, 0.1) is 0 Å². The summed E-state index contributed by atoms with van der Waals surface area (Å²) < 4.78 is 27.1. The van der Waals surface area contributed by atoms with Crippen LogP contribution in [0.4, 0.5) is 17.3 Å². The lowest BCUT2D eigenvalue weighted by molar-refractivity contribution is -0.124. The average molecular weight is 1200 g/mol. The zero-order valence-corrected chi connectivity index (χ0v) is 46.0. The minimum atomic E-state index is -1.20. The van der Waals surface area contributed by atoms with Gasteiger partial charge in [-0.05, 0) is 60.5 Å². The molecule has 3 aliphatic heterocycles. The van der Waals surface area contributed by atoms with Gasteiger partial charge in [-0.3, -0.25) is 33.1 Å². The summed E-state index contributed by atoms with van der Waals surface area (Å²) in [6.45, 7) is -1.28. The van der Waals surface area contributed by atoms with Gasteiger partial charge in [-0.15, -0.1) is 0 Å². The minimum absolute atomic E-state index is 0.114. The van der Waals surface area contributed by atoms with Crippen LogP contribution in [0.2, 0.25) is 0 Å². The predicted octanol–water partition coefficient (Wildman–Crippen LogP) is -2.66. The molecule has 3 saturated heterocycles. The zero-order chi connectivity index (χ0) is 61.6. The highest BCUT2D eigenvalue weighted by Gasteiger charge is 2.49. The van der Waals surface area contributed by atoms with Crippen molar-refractivity contribution in [2.45, 2.75) is 85.9 Å². The van der Waals surface area contributed by atoms with Crippen molar-refractivity contribution in [3.8, 4) is 11.5 Å². The number of hydrogen-bond acceptors (Lipinski definition) is 27. The van der Waals surface area contributed by atoms with Gasteiger partial charge in [0.2, 0.25) is 5.91 Å². The number of nitrogen functional groups attached to an aromatic ring is 3. The fourth-order valence-corrected chi connectivity index (χ4v) is 10.1. The Morgan fingerprint density at radius 1 is 0.598 bits per heavy atom. The van der Waals surface area contributed by atoms with Gasteiger partial charge in [0, 0.05) is 24.2 Å². The molecule has 87 heavy (non-hydrogen) atoms. The Balaban J connectivity index is 0.000000145. The molecule has 7 aromatic heterocycles. The van der Waals surface area contributed by atoms with Crippen LogP contribution in [-0.4, -0.2) is 200 Å². The first-order chi connectivity index (χ1) is 42.0. The Labute approximate surface area is 491 Å². The molecular formula is C54H61N19O14. The summed E-state index contributed by atoms with van der Waals surface area (Å²) >= 11 is 0. The number of phenols is 1. The van der Waals surface area contributed by atoms with Crippen LogP contribution in [-0.2, 0) is 25.4 Å². The van der Waals surface area contributed by atoms with Crippen molar-refractivity contribution in [1.29, 1.82) is 0 Å². The lowest BCUT2D eigenvalue weighted by Gasteiger charge is -2.24. The number of aromatic nitrogens is 12. The number of fused-ring (bicyclic) bond motifs is 3. The van der Waals surface area contributed by atoms with E-state index in [0.29, 0.717) is 56.1 Å². The smallest absolute Gasteiger partial charge is 0.253 e. The van der Waals surface area contributed by atoms with Crippen molar-refractivity contribution in [3.05, 3.63) is 134 Å². The van der Waals surface area contributed by atoms with Crippen LogP contribution in [0.1, 0.15) is 45.0 Å². The van der Waals surface area contributed by atoms with Gasteiger partial charge in [0.25, 0.3) is 11.8 Å². The maximum absolute atomic E-state index is 12.8. The summed E-state index contributed by atoms with van der Waals surface area (Å²) in [5.41, 5.74) is 27.9. The van der Waals surface area contributed by atoms with Crippen LogP contribution < -0.4 is 43.6 Å². The predicted molar refractivity (Wildman–Crippen MR) is 304 cm³/mol. The summed E-state index contributed by atoms with van der Waals surface area (Å²) in [6, 6.07) is 14.3. The highest BCUT2D eigenvalue weighted by molar-refractivity contribution is 5.95. The second kappa shape index (κ2) is 26.3. The number of nitrogens with two attached hydrogens (primary N) is 4. The van der Waals surface area contributed by atoms with Gasteiger partial charge >= 0.3 is 0 Å². The second-order valence-electron chi connectivity index (χ2n) is 20.1. The number of carbonyl (C=O) groups is 3. The zero-order valence-electron chi connectivity index (χ0n) is 46.0. The third kappa shape index (κ3) is 12.5. The third-order valence-electron chi connectivity index (χ3n) is 14.6. The maximum Gasteiger partial charge on any atom is 0.253 e. The molecule has 33 nitrogen and oxygen atoms in total. The van der Waals surface area contributed by atoms with Crippen molar-refractivity contribution in [3.63, 3.8) is 0 Å². The second-order valence-corrected chi connectivity index (χ2v) is 20.1. The summed E-state index contributed by atoms with van der Waals surface area (Å²) in [4.78, 5) is 75.0. The number of imidazole rings is 3. The molecule has 3 fully saturated rings. The largest absolute Gasteiger partial charge is 0.508 e. The van der Waals surface area contributed by atoms with Crippen molar-refractivity contribution in [2.24, 2.45) is 5.73 Å². The first-order valence-electron chi connectivity index (χ1n) is 26.8. The van der Waals surface area contributed by atoms with Gasteiger partial charge in [-0.2, -0.15) is 0 Å². The number of benzene rings is 2. The number of nitrogens with one attached hydrogen (secondary N) is 3. The fraction of sp³-hybridized carbons (Fsp3) is 0.333. The first-order valence-corrected chi connectivity index (χ1v) is 26.8. The Hall–Kier alpha value is -9.68. The number of nitrogens with zero attached hydrogens (tertiary/aromatic N) is 12. The van der Waals surface area contributed by atoms with E-state index in [1.54, 1.807) is 69.9 Å². The normalized spacial score (nSPS) is 24.4. The van der Waals surface area contributed by atoms with Gasteiger partial charge in [0.1, 0.15) is 95.5 Å². The minimum Gasteiger partial charge on any atom is -0.508 e. The Morgan fingerprint density at radius 2 is 1.08 bits per heavy atom. The number of amides is 3. The van der Waals surface area contributed by atoms with Crippen LogP contribution in [0.3, 0.4) is 0 Å². The van der Waals surface area contributed by atoms with Crippen LogP contribution in [0.5, 0.6) is 11.5 Å². The molecular weight excluding hydrogens is 1140 g/mol. The molecule has 33 heteroatoms. The van der Waals surface area contributed by atoms with Gasteiger partial charge in [-0.1, -0.05) is 18.2 Å². The van der Waals surface area contributed by atoms with Crippen molar-refractivity contribution in [2.75, 3.05) is 44.1 Å². The van der Waals surface area contributed by atoms with Gasteiger partial charge in [0.05, 0.1) is 63.2 Å². The Morgan fingerprint density at radius 3 is 1.57 bits per heavy atom. The van der Waals surface area contributed by atoms with Gasteiger partial charge < -0.3 is 93.6 Å². The van der Waals surface area contributed by atoms with E-state index in [-0.39, 0.29) is 23.8 Å². The van der Waals surface area contributed by atoms with Crippen molar-refractivity contribution < 1.29 is 69.1 Å². The highest BCUT2D eigenvalue weighted by Crippen LogP contribution is 2.35. The summed E-state index contributed by atoms with van der Waals surface area (Å²) in [5, 5.41) is 78.1. The first kappa shape index (κ1) is 60.4. The molecule has 0 radical (unpaired) electrons. The fourth-order valence-electron chi connectivity index (χ4n) is 10.1. The summed E-state index contributed by atoms with van der Waals surface area (Å²) in [7, 11) is 1.51. The quantitative estimate of drug-likeness (QED) is 0.0498. The highest BCUT2D eigenvalue weighted by atomic mass is 16.6. The SMILES string of the molecule is COc1cccc(C(=O)N[C@H]2C(O)[C@@H](CO)O[C@H]2n2cnc3c(N)ccnc32)c1.Nc1ncnc2c1ncn2[C@@H]1O[C@H](CO)C(O)[C@@H]1NC(=O)C(N)Cc1ccc(O)cc1.Nc1ncnc2c1ncn2[C@@H]1O[C@H](CO)C(O)[C@@H]1NC(=O)c1cccnc1. The van der Waals surface area contributed by atoms with Gasteiger partial charge in [-0.25, -0.2) is 39.9 Å². The number of methoxy groups -OCH3 is 1. The molecule has 10 heterocycles. The number of rotatable bonds is 15. The average Bonchev–Trinajstić information content (AvgIpc) is 1.87. The van der Waals surface area contributed by atoms with E-state index < -0.39 is 117 Å². The third-order valence-corrected chi connectivity index (χ3v) is 14.6. The number of pyridine rings is 2. The number of aliphatic hydroxyl groups is 6. The van der Waals surface area contributed by atoms with E-state index in [9.17, 15) is 50.1 Å². The summed E-state index contributed by atoms with van der Waals surface area (Å²) in [5.74, 6) is -0.337. The monoisotopic (exact) mass is 1200 g/mol. The van der Waals surface area contributed by atoms with E-state index >= 15 is 0 Å². The van der Waals surface area contributed by atoms with E-state index in [1.807, 2.05) is 0 Å². The molecule has 3 amide bonds. The maximum atomic E-state index is 12.8. The van der Waals surface area contributed by atoms with E-state index in [4.69, 9.17) is 41.9 Å². The number of carbonyl (C=O) groups excluding carboxylic acids is 3. The van der Waals surface area contributed by atoms with E-state index in [0.717, 1.165) is 5.56 Å². The Kier molecular flexibility index (Phi) is 18.3. The molecule has 0 aliphatic carbocycles. The molecule has 18 N–H and O–H groups in total. The van der Waals surface area contributed by atoms with Gasteiger partial charge in [0.15, 0.2) is 47.3 Å². The molecule has 0 spiro atoms. The molecule has 4 unspecified atom stereocenters. The molecule has 0 bridgehead atoms. The topological polar surface area (TPSA) is 501 Å². The molecule has 0 saturated carbocycles. The molecule has 456 valence electrons. The van der Waals surface area contributed by atoms with Crippen LogP contribution in [0.25, 0.3) is 33.5 Å². The van der Waals surface area contributed by atoms with E-state index in [2.05, 4.69) is 60.8 Å². The standard InChI is InChI=1S/C19H23N7O5.C19H21N5O5.C16H17N7O4/c20-11(5-9-1-3-10(28)4-2-9)18(30)25-13-15(29)12(6-27)31-19(13)26-8-24-14-16(21)22-7-23-17(14)26;1-28-11-4-2-3-10(7-11)18(27)23-15-16(26)13(8-25)29-19(15)24-9-22-14-12(20)5-6-21-17(14)24;17-13-11-14(20-6-19-13)23(7-21-11)16-10(12(25)9(5-24)27-16)22-15(26)8-2-1-3-18-4-8/h1-4,7-8,11-13,15,19,27-29H,5-6,20H2,(H,25,30)(H2,21,22,23);2-7,9,13,15-16,19,25-26H,8H2,1H3,(H2,20,21)(H,23,27);1-4,6-7,9-10,12,16,24-25H,5H2,(H,22,26)(H2,17,19,20)/t11?,12-,13+,15?,19-;13-,15+,16?,19-;9-,10+,12?,16-/m111/s1. The number of anilines is 3. The molecule has 12 rings (SSSR count). The number of ether oxygens (including phenoxy) is 4. The number of aromatic hydroxyl groups is 1.